The van der Waals surface area contributed by atoms with Gasteiger partial charge in [0.25, 0.3) is 0 Å². The van der Waals surface area contributed by atoms with Gasteiger partial charge in [0, 0.05) is 51.4 Å². The van der Waals surface area contributed by atoms with Gasteiger partial charge in [-0.3, -0.25) is 4.79 Å². The Bertz CT molecular complexity index is 1240. The minimum atomic E-state index is 0.138. The van der Waals surface area contributed by atoms with Gasteiger partial charge in [-0.05, 0) is 30.9 Å². The molecule has 9 heteroatoms. The molecular formula is C28H39N7O2. The Morgan fingerprint density at radius 3 is 2.57 bits per heavy atom. The third-order valence-corrected chi connectivity index (χ3v) is 6.91. The smallest absolute Gasteiger partial charge is 0.219 e. The number of pyridine rings is 1. The Labute approximate surface area is 219 Å². The standard InChI is InChI=1S/C26H33N7O2.C2H6/c1-4-6-20(5-2)22-9-12-33(29-22)24-17-23(31-13-15-35-16-14-31)25-26(28-24)32(18-27-25)21-7-10-30(11-8-21)19(3)34;1-2/h5-6,9,12,17-18,21H,2,4,7-8,10-11,13-16H2,1,3H3;1-2H3/b20-6+;. The number of imidazole rings is 1. The van der Waals surface area contributed by atoms with Gasteiger partial charge in [-0.2, -0.15) is 5.10 Å². The average molecular weight is 506 g/mol. The lowest BCUT2D eigenvalue weighted by Gasteiger charge is -2.32. The number of aromatic nitrogens is 5. The SMILES string of the molecule is C=C/C(=C\CC)c1ccn(-c2cc(N3CCOCC3)c3ncn(C4CCN(C(C)=O)CC4)c3n2)n1.CC. The largest absolute Gasteiger partial charge is 0.378 e. The van der Waals surface area contributed by atoms with Gasteiger partial charge in [-0.25, -0.2) is 14.6 Å². The van der Waals surface area contributed by atoms with Crippen molar-refractivity contribution in [1.82, 2.24) is 29.2 Å². The minimum absolute atomic E-state index is 0.138. The highest BCUT2D eigenvalue weighted by Gasteiger charge is 2.26. The average Bonchev–Trinajstić information content (AvgIpc) is 3.61. The molecule has 9 nitrogen and oxygen atoms in total. The zero-order valence-corrected chi connectivity index (χ0v) is 22.6. The summed E-state index contributed by atoms with van der Waals surface area (Å²) in [7, 11) is 0. The number of hydrogen-bond acceptors (Lipinski definition) is 6. The van der Waals surface area contributed by atoms with Crippen molar-refractivity contribution < 1.29 is 9.53 Å². The number of piperidine rings is 1. The van der Waals surface area contributed by atoms with Crippen LogP contribution < -0.4 is 4.90 Å². The summed E-state index contributed by atoms with van der Waals surface area (Å²) in [6.45, 7) is 16.2. The first-order valence-corrected chi connectivity index (χ1v) is 13.4. The highest BCUT2D eigenvalue weighted by atomic mass is 16.5. The van der Waals surface area contributed by atoms with Gasteiger partial charge in [0.05, 0.1) is 30.9 Å². The van der Waals surface area contributed by atoms with Crippen molar-refractivity contribution in [2.45, 2.75) is 53.0 Å². The molecule has 0 unspecified atom stereocenters. The van der Waals surface area contributed by atoms with E-state index in [1.165, 1.54) is 0 Å². The van der Waals surface area contributed by atoms with Gasteiger partial charge in [-0.15, -0.1) is 0 Å². The van der Waals surface area contributed by atoms with E-state index >= 15 is 0 Å². The number of anilines is 1. The number of amides is 1. The molecule has 0 aromatic carbocycles. The Hall–Kier alpha value is -3.46. The van der Waals surface area contributed by atoms with Crippen molar-refractivity contribution in [2.24, 2.45) is 0 Å². The molecule has 3 aromatic rings. The Balaban J connectivity index is 0.00000156. The number of carbonyl (C=O) groups is 1. The zero-order chi connectivity index (χ0) is 26.4. The number of allylic oxidation sites excluding steroid dienone is 3. The number of ether oxygens (including phenoxy) is 1. The molecule has 198 valence electrons. The van der Waals surface area contributed by atoms with Gasteiger partial charge in [-0.1, -0.05) is 39.5 Å². The summed E-state index contributed by atoms with van der Waals surface area (Å²) in [5.41, 5.74) is 4.70. The van der Waals surface area contributed by atoms with Crippen LogP contribution in [0.2, 0.25) is 0 Å². The van der Waals surface area contributed by atoms with Crippen LogP contribution in [0.1, 0.15) is 58.7 Å². The summed E-state index contributed by atoms with van der Waals surface area (Å²) in [4.78, 5) is 25.9. The van der Waals surface area contributed by atoms with Gasteiger partial charge in [0.15, 0.2) is 11.5 Å². The third-order valence-electron chi connectivity index (χ3n) is 6.91. The molecule has 2 saturated heterocycles. The summed E-state index contributed by atoms with van der Waals surface area (Å²) in [5.74, 6) is 0.896. The van der Waals surface area contributed by atoms with Crippen LogP contribution >= 0.6 is 0 Å². The number of likely N-dealkylation sites (tertiary alicyclic amines) is 1. The molecule has 3 aromatic heterocycles. The first kappa shape index (κ1) is 26.6. The quantitative estimate of drug-likeness (QED) is 0.454. The minimum Gasteiger partial charge on any atom is -0.378 e. The second-order valence-electron chi connectivity index (χ2n) is 9.08. The van der Waals surface area contributed by atoms with Crippen molar-refractivity contribution in [3.63, 3.8) is 0 Å². The molecule has 0 bridgehead atoms. The topological polar surface area (TPSA) is 81.3 Å². The summed E-state index contributed by atoms with van der Waals surface area (Å²) >= 11 is 0. The molecule has 0 aliphatic carbocycles. The number of hydrogen-bond donors (Lipinski definition) is 0. The second kappa shape index (κ2) is 12.2. The van der Waals surface area contributed by atoms with E-state index in [0.29, 0.717) is 13.2 Å². The summed E-state index contributed by atoms with van der Waals surface area (Å²) in [6, 6.07) is 4.33. The van der Waals surface area contributed by atoms with Gasteiger partial charge >= 0.3 is 0 Å². The molecular weight excluding hydrogens is 466 g/mol. The highest BCUT2D eigenvalue weighted by molar-refractivity contribution is 5.88. The zero-order valence-electron chi connectivity index (χ0n) is 22.6. The summed E-state index contributed by atoms with van der Waals surface area (Å²) in [5, 5.41) is 4.82. The Morgan fingerprint density at radius 1 is 1.19 bits per heavy atom. The molecule has 2 aliphatic heterocycles. The van der Waals surface area contributed by atoms with Crippen molar-refractivity contribution in [3.8, 4) is 5.82 Å². The third kappa shape index (κ3) is 5.61. The number of carbonyl (C=O) groups excluding carboxylic acids is 1. The molecule has 5 rings (SSSR count). The lowest BCUT2D eigenvalue weighted by atomic mass is 10.0. The number of fused-ring (bicyclic) bond motifs is 1. The van der Waals surface area contributed by atoms with Crippen LogP contribution in [0.15, 0.2) is 43.4 Å². The lowest BCUT2D eigenvalue weighted by Crippen LogP contribution is -2.37. The number of rotatable bonds is 6. The van der Waals surface area contributed by atoms with Crippen molar-refractivity contribution >= 4 is 28.3 Å². The molecule has 0 atom stereocenters. The molecule has 0 N–H and O–H groups in total. The maximum atomic E-state index is 11.8. The number of nitrogens with zero attached hydrogens (tertiary/aromatic N) is 7. The van der Waals surface area contributed by atoms with Crippen LogP contribution in [0, 0.1) is 0 Å². The van der Waals surface area contributed by atoms with Crippen molar-refractivity contribution in [3.05, 3.63) is 49.1 Å². The summed E-state index contributed by atoms with van der Waals surface area (Å²) in [6.07, 6.45) is 10.5. The fraction of sp³-hybridized carbons (Fsp3) is 0.500. The molecule has 0 radical (unpaired) electrons. The first-order valence-electron chi connectivity index (χ1n) is 13.4. The van der Waals surface area contributed by atoms with Crippen molar-refractivity contribution in [2.75, 3.05) is 44.3 Å². The second-order valence-corrected chi connectivity index (χ2v) is 9.08. The normalized spacial score (nSPS) is 17.0. The molecule has 0 spiro atoms. The van der Waals surface area contributed by atoms with E-state index in [9.17, 15) is 4.79 Å². The highest BCUT2D eigenvalue weighted by Crippen LogP contribution is 2.32. The lowest BCUT2D eigenvalue weighted by molar-refractivity contribution is -0.130. The maximum Gasteiger partial charge on any atom is 0.219 e. The van der Waals surface area contributed by atoms with E-state index in [1.54, 1.807) is 6.92 Å². The van der Waals surface area contributed by atoms with Crippen LogP contribution in [-0.4, -0.2) is 74.5 Å². The van der Waals surface area contributed by atoms with E-state index in [2.05, 4.69) is 35.1 Å². The van der Waals surface area contributed by atoms with Gasteiger partial charge in [0.2, 0.25) is 5.91 Å². The molecule has 37 heavy (non-hydrogen) atoms. The molecule has 2 aliphatic rings. The van der Waals surface area contributed by atoms with Crippen LogP contribution in [0.25, 0.3) is 22.6 Å². The fourth-order valence-corrected chi connectivity index (χ4v) is 4.98. The summed E-state index contributed by atoms with van der Waals surface area (Å²) < 4.78 is 9.62. The predicted molar refractivity (Wildman–Crippen MR) is 148 cm³/mol. The number of morpholine rings is 1. The van der Waals surface area contributed by atoms with Crippen LogP contribution in [0.5, 0.6) is 0 Å². The molecule has 0 saturated carbocycles. The van der Waals surface area contributed by atoms with Crippen molar-refractivity contribution in [1.29, 1.82) is 0 Å². The molecule has 5 heterocycles. The van der Waals surface area contributed by atoms with E-state index in [0.717, 1.165) is 79.4 Å². The van der Waals surface area contributed by atoms with Gasteiger partial charge in [0.1, 0.15) is 5.52 Å². The fourth-order valence-electron chi connectivity index (χ4n) is 4.98. The van der Waals surface area contributed by atoms with E-state index < -0.39 is 0 Å². The van der Waals surface area contributed by atoms with E-state index in [4.69, 9.17) is 19.8 Å². The van der Waals surface area contributed by atoms with E-state index in [-0.39, 0.29) is 11.9 Å². The monoisotopic (exact) mass is 505 g/mol. The predicted octanol–water partition coefficient (Wildman–Crippen LogP) is 4.64. The Morgan fingerprint density at radius 2 is 1.92 bits per heavy atom. The van der Waals surface area contributed by atoms with Crippen LogP contribution in [0.3, 0.4) is 0 Å². The van der Waals surface area contributed by atoms with Crippen LogP contribution in [-0.2, 0) is 9.53 Å². The molecule has 2 fully saturated rings. The Kier molecular flexibility index (Phi) is 8.76. The molecule has 1 amide bonds. The maximum absolute atomic E-state index is 11.8. The first-order chi connectivity index (χ1) is 18.1. The van der Waals surface area contributed by atoms with Gasteiger partial charge < -0.3 is 19.1 Å². The van der Waals surface area contributed by atoms with Crippen LogP contribution in [0.4, 0.5) is 5.69 Å². The van der Waals surface area contributed by atoms with E-state index in [1.807, 2.05) is 48.1 Å².